The molecular formula is C23H36N5OS+. The van der Waals surface area contributed by atoms with Crippen molar-refractivity contribution in [1.82, 2.24) is 19.7 Å². The number of benzene rings is 1. The highest BCUT2D eigenvalue weighted by molar-refractivity contribution is 7.99. The molecule has 0 radical (unpaired) electrons. The number of rotatable bonds is 8. The molecule has 3 atom stereocenters. The van der Waals surface area contributed by atoms with Gasteiger partial charge in [-0.3, -0.25) is 9.36 Å². The van der Waals surface area contributed by atoms with Crippen molar-refractivity contribution in [3.63, 3.8) is 0 Å². The molecule has 0 saturated carbocycles. The van der Waals surface area contributed by atoms with Crippen LogP contribution in [0.1, 0.15) is 51.0 Å². The number of piperidine rings is 1. The fourth-order valence-corrected chi connectivity index (χ4v) is 5.36. The summed E-state index contributed by atoms with van der Waals surface area (Å²) in [6.45, 7) is 9.12. The standard InChI is InChI=1S/C23H35N5OS/c1-6-20(26(4)5)22-24-25-23(28(22)15-19-10-8-7-9-11-19)30-16-21(29)27-13-17(2)12-18(3)14-27/h7-11,17-18,20H,6,12-16H2,1-5H3/p+1/t17-,18-,20-/m0/s1. The van der Waals surface area contributed by atoms with E-state index >= 15 is 0 Å². The van der Waals surface area contributed by atoms with E-state index in [1.54, 1.807) is 0 Å². The molecule has 30 heavy (non-hydrogen) atoms. The first-order chi connectivity index (χ1) is 14.4. The van der Waals surface area contributed by atoms with Gasteiger partial charge in [0.25, 0.3) is 0 Å². The average Bonchev–Trinajstić information content (AvgIpc) is 3.08. The molecule has 0 aliphatic carbocycles. The van der Waals surface area contributed by atoms with Gasteiger partial charge in [-0.2, -0.15) is 0 Å². The molecule has 164 valence electrons. The molecule has 1 saturated heterocycles. The van der Waals surface area contributed by atoms with Crippen molar-refractivity contribution in [2.24, 2.45) is 11.8 Å². The minimum Gasteiger partial charge on any atom is -0.341 e. The van der Waals surface area contributed by atoms with Crippen molar-refractivity contribution in [1.29, 1.82) is 0 Å². The van der Waals surface area contributed by atoms with Crippen LogP contribution in [0.4, 0.5) is 0 Å². The number of amides is 1. The molecule has 1 aromatic carbocycles. The third-order valence-electron chi connectivity index (χ3n) is 5.89. The smallest absolute Gasteiger partial charge is 0.233 e. The third-order valence-corrected chi connectivity index (χ3v) is 6.84. The summed E-state index contributed by atoms with van der Waals surface area (Å²) in [5.74, 6) is 2.77. The summed E-state index contributed by atoms with van der Waals surface area (Å²) < 4.78 is 2.20. The number of carbonyl (C=O) groups excluding carboxylic acids is 1. The second-order valence-corrected chi connectivity index (χ2v) is 9.93. The van der Waals surface area contributed by atoms with Crippen molar-refractivity contribution < 1.29 is 9.69 Å². The summed E-state index contributed by atoms with van der Waals surface area (Å²) in [5.41, 5.74) is 1.22. The Morgan fingerprint density at radius 1 is 1.17 bits per heavy atom. The molecule has 3 rings (SSSR count). The summed E-state index contributed by atoms with van der Waals surface area (Å²) in [7, 11) is 4.31. The van der Waals surface area contributed by atoms with E-state index in [0.29, 0.717) is 17.6 Å². The van der Waals surface area contributed by atoms with Crippen LogP contribution in [0.3, 0.4) is 0 Å². The van der Waals surface area contributed by atoms with Crippen molar-refractivity contribution in [3.05, 3.63) is 41.7 Å². The SMILES string of the molecule is CC[C@@H](c1nnc(SCC(=O)N2C[C@@H](C)C[C@H](C)C2)n1Cc1ccccc1)[NH+](C)C. The number of aromatic nitrogens is 3. The topological polar surface area (TPSA) is 55.5 Å². The van der Waals surface area contributed by atoms with Gasteiger partial charge in [0.05, 0.1) is 26.4 Å². The largest absolute Gasteiger partial charge is 0.341 e. The molecule has 1 aliphatic rings. The highest BCUT2D eigenvalue weighted by atomic mass is 32.2. The van der Waals surface area contributed by atoms with Crippen molar-refractivity contribution in [3.8, 4) is 0 Å². The highest BCUT2D eigenvalue weighted by Gasteiger charge is 2.28. The molecule has 1 amide bonds. The zero-order valence-corrected chi connectivity index (χ0v) is 19.8. The molecule has 2 aromatic rings. The predicted octanol–water partition coefficient (Wildman–Crippen LogP) is 2.52. The van der Waals surface area contributed by atoms with Gasteiger partial charge in [-0.1, -0.05) is 62.9 Å². The lowest BCUT2D eigenvalue weighted by atomic mass is 9.92. The lowest BCUT2D eigenvalue weighted by Crippen LogP contribution is -3.06. The zero-order chi connectivity index (χ0) is 21.7. The zero-order valence-electron chi connectivity index (χ0n) is 19.0. The quantitative estimate of drug-likeness (QED) is 0.654. The molecule has 6 nitrogen and oxygen atoms in total. The van der Waals surface area contributed by atoms with Gasteiger partial charge in [-0.05, 0) is 23.8 Å². The Morgan fingerprint density at radius 2 is 1.83 bits per heavy atom. The van der Waals surface area contributed by atoms with E-state index in [1.807, 2.05) is 11.0 Å². The fraction of sp³-hybridized carbons (Fsp3) is 0.609. The second kappa shape index (κ2) is 10.4. The van der Waals surface area contributed by atoms with Crippen LogP contribution < -0.4 is 4.90 Å². The summed E-state index contributed by atoms with van der Waals surface area (Å²) in [5, 5.41) is 9.90. The first-order valence-electron chi connectivity index (χ1n) is 11.1. The maximum absolute atomic E-state index is 12.9. The van der Waals surface area contributed by atoms with Crippen LogP contribution in [0.2, 0.25) is 0 Å². The second-order valence-electron chi connectivity index (χ2n) is 8.98. The molecule has 0 bridgehead atoms. The number of hydrogen-bond donors (Lipinski definition) is 1. The van der Waals surface area contributed by atoms with E-state index in [4.69, 9.17) is 0 Å². The summed E-state index contributed by atoms with van der Waals surface area (Å²) in [4.78, 5) is 16.2. The van der Waals surface area contributed by atoms with Crippen LogP contribution >= 0.6 is 11.8 Å². The fourth-order valence-electron chi connectivity index (χ4n) is 4.51. The molecule has 1 N–H and O–H groups in total. The average molecular weight is 431 g/mol. The number of carbonyl (C=O) groups is 1. The summed E-state index contributed by atoms with van der Waals surface area (Å²) >= 11 is 1.52. The minimum atomic E-state index is 0.208. The van der Waals surface area contributed by atoms with Crippen LogP contribution in [-0.4, -0.2) is 58.5 Å². The monoisotopic (exact) mass is 430 g/mol. The predicted molar refractivity (Wildman–Crippen MR) is 122 cm³/mol. The first-order valence-corrected chi connectivity index (χ1v) is 12.0. The Labute approximate surface area is 185 Å². The lowest BCUT2D eigenvalue weighted by molar-refractivity contribution is -0.893. The van der Waals surface area contributed by atoms with Gasteiger partial charge in [0, 0.05) is 19.5 Å². The molecule has 0 spiro atoms. The van der Waals surface area contributed by atoms with Crippen molar-refractivity contribution >= 4 is 17.7 Å². The van der Waals surface area contributed by atoms with E-state index in [-0.39, 0.29) is 11.9 Å². The number of nitrogens with one attached hydrogen (secondary N) is 1. The summed E-state index contributed by atoms with van der Waals surface area (Å²) in [6.07, 6.45) is 2.19. The third kappa shape index (κ3) is 5.64. The van der Waals surface area contributed by atoms with E-state index in [0.717, 1.165) is 37.0 Å². The van der Waals surface area contributed by atoms with E-state index < -0.39 is 0 Å². The molecule has 1 aromatic heterocycles. The molecule has 0 unspecified atom stereocenters. The van der Waals surface area contributed by atoms with Crippen LogP contribution in [0.15, 0.2) is 35.5 Å². The number of hydrogen-bond acceptors (Lipinski definition) is 4. The number of nitrogens with zero attached hydrogens (tertiary/aromatic N) is 4. The van der Waals surface area contributed by atoms with Crippen LogP contribution in [0.25, 0.3) is 0 Å². The Hall–Kier alpha value is -1.86. The Bertz CT molecular complexity index is 812. The van der Waals surface area contributed by atoms with E-state index in [2.05, 4.69) is 73.9 Å². The Kier molecular flexibility index (Phi) is 7.94. The molecular weight excluding hydrogens is 394 g/mol. The van der Waals surface area contributed by atoms with Crippen LogP contribution in [0, 0.1) is 11.8 Å². The van der Waals surface area contributed by atoms with Gasteiger partial charge in [-0.15, -0.1) is 10.2 Å². The molecule has 7 heteroatoms. The Morgan fingerprint density at radius 3 is 2.43 bits per heavy atom. The molecule has 1 fully saturated rings. The van der Waals surface area contributed by atoms with Crippen LogP contribution in [-0.2, 0) is 11.3 Å². The normalized spacial score (nSPS) is 20.5. The van der Waals surface area contributed by atoms with Crippen molar-refractivity contribution in [2.45, 2.75) is 51.4 Å². The van der Waals surface area contributed by atoms with E-state index in [1.165, 1.54) is 28.6 Å². The van der Waals surface area contributed by atoms with Gasteiger partial charge in [-0.25, -0.2) is 0 Å². The summed E-state index contributed by atoms with van der Waals surface area (Å²) in [6, 6.07) is 10.7. The number of quaternary nitrogens is 1. The molecule has 1 aliphatic heterocycles. The van der Waals surface area contributed by atoms with Crippen molar-refractivity contribution in [2.75, 3.05) is 32.9 Å². The van der Waals surface area contributed by atoms with E-state index in [9.17, 15) is 4.79 Å². The highest BCUT2D eigenvalue weighted by Crippen LogP contribution is 2.25. The van der Waals surface area contributed by atoms with Gasteiger partial charge in [0.15, 0.2) is 11.0 Å². The number of likely N-dealkylation sites (tertiary alicyclic amines) is 1. The maximum Gasteiger partial charge on any atom is 0.233 e. The van der Waals surface area contributed by atoms with Gasteiger partial charge < -0.3 is 9.80 Å². The number of thioether (sulfide) groups is 1. The van der Waals surface area contributed by atoms with Crippen LogP contribution in [0.5, 0.6) is 0 Å². The van der Waals surface area contributed by atoms with Gasteiger partial charge >= 0.3 is 0 Å². The van der Waals surface area contributed by atoms with Gasteiger partial charge in [0.1, 0.15) is 6.04 Å². The maximum atomic E-state index is 12.9. The van der Waals surface area contributed by atoms with Gasteiger partial charge in [0.2, 0.25) is 5.91 Å². The molecule has 2 heterocycles. The lowest BCUT2D eigenvalue weighted by Gasteiger charge is -2.35. The Balaban J connectivity index is 1.78. The first kappa shape index (κ1) is 22.8. The minimum absolute atomic E-state index is 0.208.